The zero-order valence-electron chi connectivity index (χ0n) is 24.6. The maximum atomic E-state index is 11.3. The van der Waals surface area contributed by atoms with Gasteiger partial charge in [-0.1, -0.05) is 24.3 Å². The SMILES string of the molecule is Cn1cc(-c2cc(OC=O)cc3ccccc23)c2nc(OCCCN3C4CCC3COC4)nc(N3C[C@H]4CC[C@@H](C3)N4)c21. The molecule has 4 aromatic rings. The first-order valence-electron chi connectivity index (χ1n) is 15.6. The molecule has 2 aromatic heterocycles. The van der Waals surface area contributed by atoms with Crippen LogP contribution < -0.4 is 19.7 Å². The number of aromatic nitrogens is 3. The van der Waals surface area contributed by atoms with Crippen LogP contribution in [0, 0.1) is 0 Å². The molecule has 4 atom stereocenters. The molecule has 1 N–H and O–H groups in total. The maximum absolute atomic E-state index is 11.3. The first-order valence-corrected chi connectivity index (χ1v) is 15.6. The number of nitrogens with zero attached hydrogens (tertiary/aromatic N) is 5. The van der Waals surface area contributed by atoms with Crippen LogP contribution in [-0.4, -0.2) is 89.5 Å². The molecule has 4 bridgehead atoms. The molecule has 6 heterocycles. The molecule has 10 nitrogen and oxygen atoms in total. The van der Waals surface area contributed by atoms with Crippen LogP contribution in [0.2, 0.25) is 0 Å². The van der Waals surface area contributed by atoms with Crippen LogP contribution >= 0.6 is 0 Å². The highest BCUT2D eigenvalue weighted by Gasteiger charge is 2.37. The highest BCUT2D eigenvalue weighted by molar-refractivity contribution is 6.06. The number of hydrogen-bond donors (Lipinski definition) is 1. The lowest BCUT2D eigenvalue weighted by Crippen LogP contribution is -2.51. The first-order chi connectivity index (χ1) is 21.1. The third kappa shape index (κ3) is 4.91. The van der Waals surface area contributed by atoms with Crippen molar-refractivity contribution in [2.24, 2.45) is 7.05 Å². The van der Waals surface area contributed by atoms with Crippen molar-refractivity contribution in [3.8, 4) is 22.9 Å². The summed E-state index contributed by atoms with van der Waals surface area (Å²) in [5, 5.41) is 5.80. The molecule has 0 radical (unpaired) electrons. The summed E-state index contributed by atoms with van der Waals surface area (Å²) in [6.45, 7) is 5.55. The number of benzene rings is 2. The van der Waals surface area contributed by atoms with Gasteiger partial charge in [0.1, 0.15) is 16.8 Å². The number of nitrogens with one attached hydrogen (secondary N) is 1. The second-order valence-corrected chi connectivity index (χ2v) is 12.5. The molecule has 8 rings (SSSR count). The smallest absolute Gasteiger partial charge is 0.319 e. The van der Waals surface area contributed by atoms with Crippen LogP contribution in [0.3, 0.4) is 0 Å². The largest absolute Gasteiger partial charge is 0.463 e. The summed E-state index contributed by atoms with van der Waals surface area (Å²) in [4.78, 5) is 26.4. The normalized spacial score (nSPS) is 25.1. The predicted molar refractivity (Wildman–Crippen MR) is 165 cm³/mol. The Labute approximate surface area is 250 Å². The predicted octanol–water partition coefficient (Wildman–Crippen LogP) is 3.90. The van der Waals surface area contributed by atoms with Gasteiger partial charge < -0.3 is 29.0 Å². The van der Waals surface area contributed by atoms with Crippen LogP contribution in [0.25, 0.3) is 32.9 Å². The highest BCUT2D eigenvalue weighted by atomic mass is 16.5. The van der Waals surface area contributed by atoms with E-state index in [0.717, 1.165) is 78.0 Å². The molecule has 43 heavy (non-hydrogen) atoms. The van der Waals surface area contributed by atoms with Crippen molar-refractivity contribution in [1.82, 2.24) is 24.8 Å². The fraction of sp³-hybridized carbons (Fsp3) is 0.485. The summed E-state index contributed by atoms with van der Waals surface area (Å²) in [6.07, 6.45) is 7.87. The van der Waals surface area contributed by atoms with Gasteiger partial charge in [-0.2, -0.15) is 9.97 Å². The highest BCUT2D eigenvalue weighted by Crippen LogP contribution is 2.40. The quantitative estimate of drug-likeness (QED) is 0.233. The van der Waals surface area contributed by atoms with E-state index in [1.165, 1.54) is 25.7 Å². The summed E-state index contributed by atoms with van der Waals surface area (Å²) in [7, 11) is 2.06. The van der Waals surface area contributed by atoms with Crippen molar-refractivity contribution < 1.29 is 19.0 Å². The van der Waals surface area contributed by atoms with Gasteiger partial charge in [0, 0.05) is 62.6 Å². The molecular formula is C33H38N6O4. The Balaban J connectivity index is 1.17. The number of carbonyl (C=O) groups excluding carboxylic acids is 1. The average Bonchev–Trinajstić information content (AvgIpc) is 3.61. The minimum atomic E-state index is 0.412. The third-order valence-corrected chi connectivity index (χ3v) is 9.78. The van der Waals surface area contributed by atoms with Crippen molar-refractivity contribution in [3.05, 3.63) is 42.6 Å². The monoisotopic (exact) mass is 582 g/mol. The molecule has 0 aliphatic carbocycles. The number of rotatable bonds is 9. The van der Waals surface area contributed by atoms with Crippen molar-refractivity contribution >= 4 is 34.1 Å². The molecule has 4 saturated heterocycles. The topological polar surface area (TPSA) is 94.0 Å². The van der Waals surface area contributed by atoms with Gasteiger partial charge in [0.15, 0.2) is 5.82 Å². The first kappa shape index (κ1) is 26.9. The van der Waals surface area contributed by atoms with Crippen LogP contribution in [0.15, 0.2) is 42.6 Å². The lowest BCUT2D eigenvalue weighted by Gasteiger charge is -2.34. The van der Waals surface area contributed by atoms with Crippen molar-refractivity contribution in [2.75, 3.05) is 44.4 Å². The molecule has 4 aliphatic heterocycles. The minimum absolute atomic E-state index is 0.412. The number of hydrogen-bond acceptors (Lipinski definition) is 9. The van der Waals surface area contributed by atoms with Gasteiger partial charge in [0.2, 0.25) is 0 Å². The van der Waals surface area contributed by atoms with E-state index in [-0.39, 0.29) is 0 Å². The number of carbonyl (C=O) groups is 1. The van der Waals surface area contributed by atoms with Crippen LogP contribution in [0.4, 0.5) is 5.82 Å². The van der Waals surface area contributed by atoms with E-state index in [9.17, 15) is 4.79 Å². The number of fused-ring (bicyclic) bond motifs is 6. The zero-order valence-corrected chi connectivity index (χ0v) is 24.6. The number of piperazine rings is 1. The fourth-order valence-electron chi connectivity index (χ4n) is 7.83. The molecule has 10 heteroatoms. The summed E-state index contributed by atoms with van der Waals surface area (Å²) in [5.41, 5.74) is 3.74. The second kappa shape index (κ2) is 11.1. The fourth-order valence-corrected chi connectivity index (χ4v) is 7.83. The van der Waals surface area contributed by atoms with E-state index in [1.54, 1.807) is 0 Å². The van der Waals surface area contributed by atoms with Crippen LogP contribution in [-0.2, 0) is 16.6 Å². The number of ether oxygens (including phenoxy) is 3. The summed E-state index contributed by atoms with van der Waals surface area (Å²) >= 11 is 0. The number of aryl methyl sites for hydroxylation is 1. The molecular weight excluding hydrogens is 544 g/mol. The minimum Gasteiger partial charge on any atom is -0.463 e. The van der Waals surface area contributed by atoms with Crippen LogP contribution in [0.5, 0.6) is 11.8 Å². The van der Waals surface area contributed by atoms with Gasteiger partial charge in [0.25, 0.3) is 6.47 Å². The Morgan fingerprint density at radius 2 is 1.81 bits per heavy atom. The number of morpholine rings is 1. The molecule has 0 spiro atoms. The van der Waals surface area contributed by atoms with Crippen LogP contribution in [0.1, 0.15) is 32.1 Å². The Hall–Kier alpha value is -3.73. The van der Waals surface area contributed by atoms with Crippen molar-refractivity contribution in [2.45, 2.75) is 56.3 Å². The van der Waals surface area contributed by atoms with Gasteiger partial charge in [-0.15, -0.1) is 0 Å². The standard InChI is InChI=1S/C33H38N6O4/c1-37-17-29(28-14-26(43-20-40)13-21-5-2-3-6-27(21)28)30-31(37)32(38-15-22-7-8-23(16-38)34-22)36-33(35-30)42-12-4-11-39-24-9-10-25(39)19-41-18-24/h2-3,5-6,13-14,17,20,22-25,34H,4,7-12,15-16,18-19H2,1H3/t22-,23+,24?,25?. The van der Waals surface area contributed by atoms with Gasteiger partial charge in [-0.3, -0.25) is 9.69 Å². The van der Waals surface area contributed by atoms with Gasteiger partial charge in [-0.05, 0) is 60.6 Å². The summed E-state index contributed by atoms with van der Waals surface area (Å²) in [6, 6.07) is 14.4. The van der Waals surface area contributed by atoms with Gasteiger partial charge in [-0.25, -0.2) is 0 Å². The molecule has 2 unspecified atom stereocenters. The van der Waals surface area contributed by atoms with E-state index in [0.29, 0.717) is 49.0 Å². The number of anilines is 1. The summed E-state index contributed by atoms with van der Waals surface area (Å²) < 4.78 is 19.6. The molecule has 4 fully saturated rings. The summed E-state index contributed by atoms with van der Waals surface area (Å²) in [5.74, 6) is 1.42. The maximum Gasteiger partial charge on any atom is 0.319 e. The molecule has 0 saturated carbocycles. The van der Waals surface area contributed by atoms with Gasteiger partial charge >= 0.3 is 6.01 Å². The van der Waals surface area contributed by atoms with E-state index >= 15 is 0 Å². The lowest BCUT2D eigenvalue weighted by molar-refractivity contribution is -0.120. The lowest BCUT2D eigenvalue weighted by atomic mass is 9.99. The van der Waals surface area contributed by atoms with E-state index in [1.807, 2.05) is 30.3 Å². The molecule has 0 amide bonds. The molecule has 224 valence electrons. The third-order valence-electron chi connectivity index (χ3n) is 9.78. The Morgan fingerprint density at radius 1 is 1.02 bits per heavy atom. The van der Waals surface area contributed by atoms with E-state index in [2.05, 4.69) is 39.0 Å². The average molecular weight is 583 g/mol. The molecule has 4 aliphatic rings. The second-order valence-electron chi connectivity index (χ2n) is 12.5. The van der Waals surface area contributed by atoms with Crippen molar-refractivity contribution in [1.29, 1.82) is 0 Å². The zero-order chi connectivity index (χ0) is 28.9. The Morgan fingerprint density at radius 3 is 2.60 bits per heavy atom. The van der Waals surface area contributed by atoms with Crippen molar-refractivity contribution in [3.63, 3.8) is 0 Å². The van der Waals surface area contributed by atoms with Gasteiger partial charge in [0.05, 0.1) is 19.8 Å². The molecule has 2 aromatic carbocycles. The van der Waals surface area contributed by atoms with E-state index in [4.69, 9.17) is 24.2 Å². The Bertz CT molecular complexity index is 1640. The Kier molecular flexibility index (Phi) is 6.92. The van der Waals surface area contributed by atoms with E-state index < -0.39 is 0 Å².